The maximum absolute atomic E-state index is 12.5. The Bertz CT molecular complexity index is 649. The molecular formula is C19H30N4O3. The number of rotatable bonds is 6. The van der Waals surface area contributed by atoms with Gasteiger partial charge in [-0.05, 0) is 26.3 Å². The average molecular weight is 362 g/mol. The Morgan fingerprint density at radius 2 is 2.12 bits per heavy atom. The number of ether oxygens (including phenoxy) is 1. The van der Waals surface area contributed by atoms with Crippen molar-refractivity contribution in [3.63, 3.8) is 0 Å². The average Bonchev–Trinajstić information content (AvgIpc) is 3.17. The first-order valence-electron chi connectivity index (χ1n) is 9.70. The topological polar surface area (TPSA) is 67.7 Å². The van der Waals surface area contributed by atoms with Gasteiger partial charge < -0.3 is 14.5 Å². The molecule has 0 N–H and O–H groups in total. The molecule has 0 saturated carbocycles. The van der Waals surface area contributed by atoms with Crippen LogP contribution in [0, 0.1) is 6.92 Å². The minimum atomic E-state index is -0.408. The number of amides is 2. The lowest BCUT2D eigenvalue weighted by Crippen LogP contribution is -2.49. The summed E-state index contributed by atoms with van der Waals surface area (Å²) in [5.41, 5.74) is 0.656. The highest BCUT2D eigenvalue weighted by Crippen LogP contribution is 2.34. The van der Waals surface area contributed by atoms with Crippen LogP contribution in [0.15, 0.2) is 12.3 Å². The quantitative estimate of drug-likeness (QED) is 0.780. The standard InChI is InChI=1S/C19H30N4O3/c1-4-5-15(2)22-14-19(26-18(22)25)8-12-21(13-9-19)17(24)7-11-23-16(3)6-10-20-23/h6,10,15H,4-5,7-9,11-14H2,1-3H3. The first-order chi connectivity index (χ1) is 12.4. The summed E-state index contributed by atoms with van der Waals surface area (Å²) in [4.78, 5) is 28.5. The Hall–Kier alpha value is -2.05. The second kappa shape index (κ2) is 7.68. The van der Waals surface area contributed by atoms with Crippen LogP contribution in [0.3, 0.4) is 0 Å². The third kappa shape index (κ3) is 3.86. The van der Waals surface area contributed by atoms with Gasteiger partial charge in [-0.25, -0.2) is 4.79 Å². The van der Waals surface area contributed by atoms with Gasteiger partial charge in [0.15, 0.2) is 0 Å². The molecule has 2 saturated heterocycles. The Balaban J connectivity index is 1.50. The molecule has 2 aliphatic heterocycles. The number of likely N-dealkylation sites (tertiary alicyclic amines) is 1. The van der Waals surface area contributed by atoms with Gasteiger partial charge in [0.1, 0.15) is 5.60 Å². The fourth-order valence-electron chi connectivity index (χ4n) is 3.98. The molecule has 144 valence electrons. The van der Waals surface area contributed by atoms with Crippen LogP contribution >= 0.6 is 0 Å². The zero-order chi connectivity index (χ0) is 18.7. The lowest BCUT2D eigenvalue weighted by atomic mass is 9.90. The van der Waals surface area contributed by atoms with E-state index in [4.69, 9.17) is 4.74 Å². The van der Waals surface area contributed by atoms with Gasteiger partial charge in [0.25, 0.3) is 0 Å². The second-order valence-electron chi connectivity index (χ2n) is 7.64. The molecule has 0 radical (unpaired) electrons. The molecule has 2 amide bonds. The summed E-state index contributed by atoms with van der Waals surface area (Å²) in [6, 6.07) is 2.15. The predicted molar refractivity (Wildman–Crippen MR) is 97.7 cm³/mol. The Labute approximate surface area is 155 Å². The van der Waals surface area contributed by atoms with Crippen molar-refractivity contribution in [3.8, 4) is 0 Å². The zero-order valence-corrected chi connectivity index (χ0v) is 16.1. The molecule has 1 aromatic rings. The van der Waals surface area contributed by atoms with Crippen LogP contribution in [0.5, 0.6) is 0 Å². The minimum Gasteiger partial charge on any atom is -0.441 e. The van der Waals surface area contributed by atoms with Gasteiger partial charge in [-0.1, -0.05) is 13.3 Å². The minimum absolute atomic E-state index is 0.148. The van der Waals surface area contributed by atoms with Crippen molar-refractivity contribution in [2.75, 3.05) is 19.6 Å². The van der Waals surface area contributed by atoms with Gasteiger partial charge in [-0.2, -0.15) is 5.10 Å². The van der Waals surface area contributed by atoms with Crippen LogP contribution in [0.4, 0.5) is 4.79 Å². The summed E-state index contributed by atoms with van der Waals surface area (Å²) in [5.74, 6) is 0.148. The van der Waals surface area contributed by atoms with Crippen molar-refractivity contribution in [2.45, 2.75) is 71.1 Å². The summed E-state index contributed by atoms with van der Waals surface area (Å²) < 4.78 is 7.62. The van der Waals surface area contributed by atoms with Crippen molar-refractivity contribution in [1.82, 2.24) is 19.6 Å². The normalized spacial score (nSPS) is 20.5. The van der Waals surface area contributed by atoms with Crippen LogP contribution in [-0.2, 0) is 16.1 Å². The van der Waals surface area contributed by atoms with Gasteiger partial charge in [-0.15, -0.1) is 0 Å². The SMILES string of the molecule is CCCC(C)N1CC2(CCN(C(=O)CCn3nccc3C)CC2)OC1=O. The van der Waals surface area contributed by atoms with Crippen molar-refractivity contribution in [1.29, 1.82) is 0 Å². The number of aromatic nitrogens is 2. The van der Waals surface area contributed by atoms with E-state index in [9.17, 15) is 9.59 Å². The summed E-state index contributed by atoms with van der Waals surface area (Å²) in [7, 11) is 0. The summed E-state index contributed by atoms with van der Waals surface area (Å²) in [6.45, 7) is 8.77. The number of carbonyl (C=O) groups is 2. The molecule has 0 aliphatic carbocycles. The van der Waals surface area contributed by atoms with E-state index >= 15 is 0 Å². The Morgan fingerprint density at radius 3 is 2.73 bits per heavy atom. The van der Waals surface area contributed by atoms with E-state index in [1.807, 2.05) is 27.5 Å². The number of nitrogens with zero attached hydrogens (tertiary/aromatic N) is 4. The van der Waals surface area contributed by atoms with Gasteiger partial charge in [0.2, 0.25) is 5.91 Å². The molecule has 3 heterocycles. The van der Waals surface area contributed by atoms with Crippen LogP contribution in [0.1, 0.15) is 51.6 Å². The molecule has 1 aromatic heterocycles. The first kappa shape index (κ1) is 18.7. The van der Waals surface area contributed by atoms with E-state index in [-0.39, 0.29) is 18.0 Å². The van der Waals surface area contributed by atoms with Crippen molar-refractivity contribution >= 4 is 12.0 Å². The fraction of sp³-hybridized carbons (Fsp3) is 0.737. The number of hydrogen-bond donors (Lipinski definition) is 0. The molecule has 26 heavy (non-hydrogen) atoms. The van der Waals surface area contributed by atoms with Crippen LogP contribution < -0.4 is 0 Å². The predicted octanol–water partition coefficient (Wildman–Crippen LogP) is 2.58. The van der Waals surface area contributed by atoms with Crippen LogP contribution in [0.25, 0.3) is 0 Å². The zero-order valence-electron chi connectivity index (χ0n) is 16.1. The molecule has 0 bridgehead atoms. The van der Waals surface area contributed by atoms with E-state index in [0.29, 0.717) is 32.6 Å². The van der Waals surface area contributed by atoms with E-state index in [1.54, 1.807) is 6.20 Å². The van der Waals surface area contributed by atoms with Gasteiger partial charge in [0.05, 0.1) is 6.54 Å². The molecular weight excluding hydrogens is 332 g/mol. The summed E-state index contributed by atoms with van der Waals surface area (Å²) >= 11 is 0. The molecule has 7 nitrogen and oxygen atoms in total. The van der Waals surface area contributed by atoms with Gasteiger partial charge in [0, 0.05) is 56.8 Å². The molecule has 0 aromatic carbocycles. The Morgan fingerprint density at radius 1 is 1.38 bits per heavy atom. The smallest absolute Gasteiger partial charge is 0.410 e. The first-order valence-corrected chi connectivity index (χ1v) is 9.70. The van der Waals surface area contributed by atoms with E-state index < -0.39 is 5.60 Å². The molecule has 1 unspecified atom stereocenters. The number of hydrogen-bond acceptors (Lipinski definition) is 4. The van der Waals surface area contributed by atoms with Crippen LogP contribution in [0.2, 0.25) is 0 Å². The maximum Gasteiger partial charge on any atom is 0.410 e. The highest BCUT2D eigenvalue weighted by atomic mass is 16.6. The molecule has 2 aliphatic rings. The second-order valence-corrected chi connectivity index (χ2v) is 7.64. The number of piperidine rings is 1. The van der Waals surface area contributed by atoms with Crippen molar-refractivity contribution < 1.29 is 14.3 Å². The monoisotopic (exact) mass is 362 g/mol. The van der Waals surface area contributed by atoms with Gasteiger partial charge >= 0.3 is 6.09 Å². The summed E-state index contributed by atoms with van der Waals surface area (Å²) in [6.07, 6.45) is 5.50. The number of aryl methyl sites for hydroxylation is 2. The van der Waals surface area contributed by atoms with Crippen molar-refractivity contribution in [3.05, 3.63) is 18.0 Å². The van der Waals surface area contributed by atoms with Gasteiger partial charge in [-0.3, -0.25) is 9.48 Å². The van der Waals surface area contributed by atoms with Crippen LogP contribution in [-0.4, -0.2) is 62.9 Å². The van der Waals surface area contributed by atoms with Crippen molar-refractivity contribution in [2.24, 2.45) is 0 Å². The van der Waals surface area contributed by atoms with E-state index in [2.05, 4.69) is 18.9 Å². The third-order valence-electron chi connectivity index (χ3n) is 5.73. The fourth-order valence-corrected chi connectivity index (χ4v) is 3.98. The molecule has 1 spiro atoms. The largest absolute Gasteiger partial charge is 0.441 e. The maximum atomic E-state index is 12.5. The molecule has 1 atom stereocenters. The molecule has 7 heteroatoms. The lowest BCUT2D eigenvalue weighted by Gasteiger charge is -2.37. The van der Waals surface area contributed by atoms with E-state index in [1.165, 1.54) is 0 Å². The number of carbonyl (C=O) groups excluding carboxylic acids is 2. The Kier molecular flexibility index (Phi) is 5.53. The highest BCUT2D eigenvalue weighted by molar-refractivity contribution is 5.76. The highest BCUT2D eigenvalue weighted by Gasteiger charge is 2.48. The molecule has 3 rings (SSSR count). The molecule has 2 fully saturated rings. The summed E-state index contributed by atoms with van der Waals surface area (Å²) in [5, 5.41) is 4.22. The van der Waals surface area contributed by atoms with E-state index in [0.717, 1.165) is 31.4 Å². The lowest BCUT2D eigenvalue weighted by molar-refractivity contribution is -0.134. The third-order valence-corrected chi connectivity index (χ3v) is 5.73.